The zero-order valence-corrected chi connectivity index (χ0v) is 7.02. The molecule has 0 aromatic carbocycles. The molecule has 0 aliphatic carbocycles. The lowest BCUT2D eigenvalue weighted by atomic mass is 10.2. The standard InChI is InChI=1S/C6H10N2O2S/c1-4-2-8(6(9)10)3-5(11)7-4/h4H,2-3H2,1H3,(H,7,11)(H,9,10). The van der Waals surface area contributed by atoms with Gasteiger partial charge in [-0.15, -0.1) is 0 Å². The molecule has 5 heteroatoms. The van der Waals surface area contributed by atoms with E-state index >= 15 is 0 Å². The maximum atomic E-state index is 10.5. The number of nitrogens with zero attached hydrogens (tertiary/aromatic N) is 1. The number of nitrogens with one attached hydrogen (secondary N) is 1. The van der Waals surface area contributed by atoms with Crippen molar-refractivity contribution in [3.05, 3.63) is 0 Å². The summed E-state index contributed by atoms with van der Waals surface area (Å²) in [5, 5.41) is 11.6. The van der Waals surface area contributed by atoms with E-state index in [0.717, 1.165) is 0 Å². The lowest BCUT2D eigenvalue weighted by Gasteiger charge is -2.30. The monoisotopic (exact) mass is 174 g/mol. The summed E-state index contributed by atoms with van der Waals surface area (Å²) in [7, 11) is 0. The first-order valence-corrected chi connectivity index (χ1v) is 3.77. The van der Waals surface area contributed by atoms with Gasteiger partial charge in [0.05, 0.1) is 11.5 Å². The molecule has 11 heavy (non-hydrogen) atoms. The Morgan fingerprint density at radius 3 is 3.00 bits per heavy atom. The van der Waals surface area contributed by atoms with Crippen molar-refractivity contribution in [2.24, 2.45) is 0 Å². The predicted molar refractivity (Wildman–Crippen MR) is 44.8 cm³/mol. The van der Waals surface area contributed by atoms with Gasteiger partial charge in [-0.1, -0.05) is 12.2 Å². The molecule has 1 heterocycles. The van der Waals surface area contributed by atoms with Crippen LogP contribution in [0.25, 0.3) is 0 Å². The van der Waals surface area contributed by atoms with Gasteiger partial charge in [0, 0.05) is 12.6 Å². The first-order valence-electron chi connectivity index (χ1n) is 3.37. The zero-order valence-electron chi connectivity index (χ0n) is 6.20. The quantitative estimate of drug-likeness (QED) is 0.518. The smallest absolute Gasteiger partial charge is 0.407 e. The molecular weight excluding hydrogens is 164 g/mol. The molecule has 1 saturated heterocycles. The third kappa shape index (κ3) is 2.04. The number of piperazine rings is 1. The lowest BCUT2D eigenvalue weighted by Crippen LogP contribution is -2.53. The molecular formula is C6H10N2O2S. The van der Waals surface area contributed by atoms with Crippen molar-refractivity contribution in [2.45, 2.75) is 13.0 Å². The van der Waals surface area contributed by atoms with Gasteiger partial charge in [-0.05, 0) is 6.92 Å². The normalized spacial score (nSPS) is 24.6. The van der Waals surface area contributed by atoms with Crippen LogP contribution in [0.4, 0.5) is 4.79 Å². The molecule has 62 valence electrons. The number of amides is 1. The number of rotatable bonds is 0. The average molecular weight is 174 g/mol. The van der Waals surface area contributed by atoms with Gasteiger partial charge >= 0.3 is 6.09 Å². The van der Waals surface area contributed by atoms with Gasteiger partial charge < -0.3 is 10.4 Å². The molecule has 1 atom stereocenters. The van der Waals surface area contributed by atoms with Crippen molar-refractivity contribution in [3.63, 3.8) is 0 Å². The van der Waals surface area contributed by atoms with Crippen LogP contribution in [-0.4, -0.2) is 40.2 Å². The van der Waals surface area contributed by atoms with Crippen LogP contribution in [0.3, 0.4) is 0 Å². The third-order valence-corrected chi connectivity index (χ3v) is 1.75. The molecule has 0 spiro atoms. The topological polar surface area (TPSA) is 52.6 Å². The highest BCUT2D eigenvalue weighted by atomic mass is 32.1. The molecule has 4 nitrogen and oxygen atoms in total. The van der Waals surface area contributed by atoms with Crippen LogP contribution >= 0.6 is 12.2 Å². The van der Waals surface area contributed by atoms with Crippen molar-refractivity contribution in [3.8, 4) is 0 Å². The third-order valence-electron chi connectivity index (χ3n) is 1.51. The Bertz CT molecular complexity index is 195. The first kappa shape index (κ1) is 8.26. The molecule has 1 amide bonds. The van der Waals surface area contributed by atoms with Gasteiger partial charge in [0.25, 0.3) is 0 Å². The van der Waals surface area contributed by atoms with Crippen LogP contribution in [0, 0.1) is 0 Å². The Hall–Kier alpha value is -0.840. The molecule has 0 bridgehead atoms. The molecule has 1 unspecified atom stereocenters. The first-order chi connectivity index (χ1) is 5.09. The summed E-state index contributed by atoms with van der Waals surface area (Å²) in [6.07, 6.45) is -0.902. The van der Waals surface area contributed by atoms with E-state index in [-0.39, 0.29) is 6.04 Å². The summed E-state index contributed by atoms with van der Waals surface area (Å²) in [6, 6.07) is 0.132. The second-order valence-electron chi connectivity index (χ2n) is 2.63. The van der Waals surface area contributed by atoms with Gasteiger partial charge in [0.15, 0.2) is 0 Å². The van der Waals surface area contributed by atoms with E-state index in [1.807, 2.05) is 6.92 Å². The highest BCUT2D eigenvalue weighted by Crippen LogP contribution is 2.00. The predicted octanol–water partition coefficient (Wildman–Crippen LogP) is 0.285. The molecule has 1 aliphatic rings. The lowest BCUT2D eigenvalue weighted by molar-refractivity contribution is 0.145. The Morgan fingerprint density at radius 1 is 1.91 bits per heavy atom. The van der Waals surface area contributed by atoms with Crippen LogP contribution < -0.4 is 5.32 Å². The van der Waals surface area contributed by atoms with Crippen LogP contribution in [0.5, 0.6) is 0 Å². The summed E-state index contributed by atoms with van der Waals surface area (Å²) in [5.41, 5.74) is 0. The molecule has 0 aromatic rings. The minimum absolute atomic E-state index is 0.132. The summed E-state index contributed by atoms with van der Waals surface area (Å²) >= 11 is 4.86. The largest absolute Gasteiger partial charge is 0.465 e. The van der Waals surface area contributed by atoms with Gasteiger partial charge in [-0.3, -0.25) is 4.90 Å². The Labute approximate surface area is 70.2 Å². The minimum Gasteiger partial charge on any atom is -0.465 e. The van der Waals surface area contributed by atoms with Gasteiger partial charge in [-0.25, -0.2) is 4.79 Å². The van der Waals surface area contributed by atoms with E-state index in [4.69, 9.17) is 17.3 Å². The summed E-state index contributed by atoms with van der Waals surface area (Å²) in [4.78, 5) is 12.4. The number of thiocarbonyl (C=S) groups is 1. The van der Waals surface area contributed by atoms with Crippen LogP contribution in [0.15, 0.2) is 0 Å². The number of hydrogen-bond acceptors (Lipinski definition) is 2. The minimum atomic E-state index is -0.902. The van der Waals surface area contributed by atoms with E-state index in [1.165, 1.54) is 4.90 Å². The number of carboxylic acid groups (broad SMARTS) is 1. The fourth-order valence-electron chi connectivity index (χ4n) is 1.08. The van der Waals surface area contributed by atoms with E-state index < -0.39 is 6.09 Å². The van der Waals surface area contributed by atoms with Crippen molar-refractivity contribution >= 4 is 23.3 Å². The van der Waals surface area contributed by atoms with Crippen LogP contribution in [-0.2, 0) is 0 Å². The maximum Gasteiger partial charge on any atom is 0.407 e. The van der Waals surface area contributed by atoms with Crippen LogP contribution in [0.1, 0.15) is 6.92 Å². The summed E-state index contributed by atoms with van der Waals surface area (Å²) in [5.74, 6) is 0. The number of hydrogen-bond donors (Lipinski definition) is 2. The van der Waals surface area contributed by atoms with Gasteiger partial charge in [-0.2, -0.15) is 0 Å². The molecule has 1 aliphatic heterocycles. The molecule has 0 aromatic heterocycles. The average Bonchev–Trinajstić information content (AvgIpc) is 1.85. The molecule has 1 fully saturated rings. The highest BCUT2D eigenvalue weighted by molar-refractivity contribution is 7.80. The van der Waals surface area contributed by atoms with E-state index in [9.17, 15) is 4.79 Å². The van der Waals surface area contributed by atoms with Crippen LogP contribution in [0.2, 0.25) is 0 Å². The fraction of sp³-hybridized carbons (Fsp3) is 0.667. The fourth-order valence-corrected chi connectivity index (χ4v) is 1.44. The van der Waals surface area contributed by atoms with Crippen molar-refractivity contribution in [2.75, 3.05) is 13.1 Å². The van der Waals surface area contributed by atoms with Crippen molar-refractivity contribution in [1.29, 1.82) is 0 Å². The molecule has 0 saturated carbocycles. The highest BCUT2D eigenvalue weighted by Gasteiger charge is 2.22. The Kier molecular flexibility index (Phi) is 2.28. The molecule has 1 rings (SSSR count). The second kappa shape index (κ2) is 3.04. The van der Waals surface area contributed by atoms with Crippen molar-refractivity contribution < 1.29 is 9.90 Å². The Balaban J connectivity index is 2.56. The maximum absolute atomic E-state index is 10.5. The Morgan fingerprint density at radius 2 is 2.55 bits per heavy atom. The van der Waals surface area contributed by atoms with Crippen molar-refractivity contribution in [1.82, 2.24) is 10.2 Å². The SMILES string of the molecule is CC1CN(C(=O)O)CC(=S)N1. The molecule has 0 radical (unpaired) electrons. The zero-order chi connectivity index (χ0) is 8.43. The van der Waals surface area contributed by atoms with E-state index in [2.05, 4.69) is 5.32 Å². The van der Waals surface area contributed by atoms with E-state index in [1.54, 1.807) is 0 Å². The van der Waals surface area contributed by atoms with Gasteiger partial charge in [0.2, 0.25) is 0 Å². The van der Waals surface area contributed by atoms with E-state index in [0.29, 0.717) is 18.1 Å². The van der Waals surface area contributed by atoms with Gasteiger partial charge in [0.1, 0.15) is 0 Å². The number of carbonyl (C=O) groups is 1. The molecule has 2 N–H and O–H groups in total. The summed E-state index contributed by atoms with van der Waals surface area (Å²) in [6.45, 7) is 2.74. The second-order valence-corrected chi connectivity index (χ2v) is 3.12. The summed E-state index contributed by atoms with van der Waals surface area (Å²) < 4.78 is 0.